The summed E-state index contributed by atoms with van der Waals surface area (Å²) in [5.41, 5.74) is 0.114. The number of para-hydroxylation sites is 2. The Hall–Kier alpha value is -3.62. The second kappa shape index (κ2) is 9.73. The van der Waals surface area contributed by atoms with Crippen molar-refractivity contribution in [3.8, 4) is 28.7 Å². The summed E-state index contributed by atoms with van der Waals surface area (Å²) in [6, 6.07) is 10.3. The van der Waals surface area contributed by atoms with Crippen LogP contribution in [0.3, 0.4) is 0 Å². The molecule has 1 atom stereocenters. The molecule has 30 heavy (non-hydrogen) atoms. The fraction of sp³-hybridized carbons (Fsp3) is 0.333. The molecular formula is C21H23NO8. The first-order chi connectivity index (χ1) is 14.6. The molecule has 0 radical (unpaired) electrons. The van der Waals surface area contributed by atoms with Crippen molar-refractivity contribution in [1.82, 2.24) is 5.32 Å². The van der Waals surface area contributed by atoms with Crippen molar-refractivity contribution < 1.29 is 38.0 Å². The summed E-state index contributed by atoms with van der Waals surface area (Å²) in [6.45, 7) is 0.0603. The largest absolute Gasteiger partial charge is 0.493 e. The lowest BCUT2D eigenvalue weighted by molar-refractivity contribution is -0.124. The fourth-order valence-corrected chi connectivity index (χ4v) is 2.91. The van der Waals surface area contributed by atoms with Gasteiger partial charge in [-0.05, 0) is 24.3 Å². The normalized spacial score (nSPS) is 14.4. The van der Waals surface area contributed by atoms with Gasteiger partial charge < -0.3 is 33.7 Å². The van der Waals surface area contributed by atoms with Gasteiger partial charge in [-0.25, -0.2) is 4.79 Å². The summed E-state index contributed by atoms with van der Waals surface area (Å²) in [4.78, 5) is 24.5. The van der Waals surface area contributed by atoms with Crippen LogP contribution in [0, 0.1) is 0 Å². The maximum absolute atomic E-state index is 12.4. The van der Waals surface area contributed by atoms with Gasteiger partial charge in [0.25, 0.3) is 5.91 Å². The van der Waals surface area contributed by atoms with Crippen LogP contribution >= 0.6 is 0 Å². The quantitative estimate of drug-likeness (QED) is 0.649. The number of rotatable bonds is 8. The second-order valence-corrected chi connectivity index (χ2v) is 6.26. The van der Waals surface area contributed by atoms with Crippen LogP contribution in [0.25, 0.3) is 0 Å². The molecule has 0 aliphatic carbocycles. The van der Waals surface area contributed by atoms with Crippen molar-refractivity contribution in [3.05, 3.63) is 42.0 Å². The third-order valence-electron chi connectivity index (χ3n) is 4.35. The van der Waals surface area contributed by atoms with Gasteiger partial charge in [0.05, 0.1) is 27.9 Å². The predicted molar refractivity (Wildman–Crippen MR) is 106 cm³/mol. The van der Waals surface area contributed by atoms with Crippen LogP contribution in [0.2, 0.25) is 0 Å². The first kappa shape index (κ1) is 21.1. The third kappa shape index (κ3) is 4.68. The van der Waals surface area contributed by atoms with Crippen molar-refractivity contribution in [1.29, 1.82) is 0 Å². The topological polar surface area (TPSA) is 102 Å². The monoisotopic (exact) mass is 417 g/mol. The number of fused-ring (bicyclic) bond motifs is 1. The number of methoxy groups -OCH3 is 3. The molecule has 1 N–H and O–H groups in total. The molecule has 160 valence electrons. The van der Waals surface area contributed by atoms with Crippen LogP contribution in [-0.4, -0.2) is 59.1 Å². The van der Waals surface area contributed by atoms with Crippen LogP contribution in [0.5, 0.6) is 28.7 Å². The SMILES string of the molecule is COc1ccc(C(=O)OCC(=O)NCC2COc3ccccc3O2)c(OC)c1OC. The highest BCUT2D eigenvalue weighted by Gasteiger charge is 2.23. The lowest BCUT2D eigenvalue weighted by atomic mass is 10.1. The summed E-state index contributed by atoms with van der Waals surface area (Å²) in [7, 11) is 4.29. The van der Waals surface area contributed by atoms with E-state index < -0.39 is 18.5 Å². The molecule has 0 fully saturated rings. The third-order valence-corrected chi connectivity index (χ3v) is 4.35. The minimum atomic E-state index is -0.728. The molecule has 1 heterocycles. The van der Waals surface area contributed by atoms with E-state index in [1.165, 1.54) is 27.4 Å². The summed E-state index contributed by atoms with van der Waals surface area (Å²) in [5.74, 6) is 0.912. The van der Waals surface area contributed by atoms with E-state index >= 15 is 0 Å². The Kier molecular flexibility index (Phi) is 6.84. The van der Waals surface area contributed by atoms with Crippen LogP contribution in [-0.2, 0) is 9.53 Å². The van der Waals surface area contributed by atoms with Crippen LogP contribution < -0.4 is 29.0 Å². The summed E-state index contributed by atoms with van der Waals surface area (Å²) in [5, 5.41) is 2.66. The molecule has 1 amide bonds. The molecule has 0 saturated carbocycles. The van der Waals surface area contributed by atoms with Gasteiger partial charge in [-0.2, -0.15) is 0 Å². The molecule has 0 aromatic heterocycles. The Bertz CT molecular complexity index is 914. The van der Waals surface area contributed by atoms with Crippen LogP contribution in [0.1, 0.15) is 10.4 Å². The number of ether oxygens (including phenoxy) is 6. The lowest BCUT2D eigenvalue weighted by Crippen LogP contribution is -2.42. The standard InChI is InChI=1S/C21H23NO8/c1-25-17-9-8-14(19(26-2)20(17)27-3)21(24)29-12-18(23)22-10-13-11-28-15-6-4-5-7-16(15)30-13/h4-9,13H,10-12H2,1-3H3,(H,22,23). The van der Waals surface area contributed by atoms with Crippen molar-refractivity contribution in [3.63, 3.8) is 0 Å². The van der Waals surface area contributed by atoms with Crippen molar-refractivity contribution in [2.45, 2.75) is 6.10 Å². The Morgan fingerprint density at radius 3 is 2.43 bits per heavy atom. The zero-order valence-corrected chi connectivity index (χ0v) is 16.9. The summed E-state index contributed by atoms with van der Waals surface area (Å²) in [6.07, 6.45) is -0.342. The molecular weight excluding hydrogens is 394 g/mol. The molecule has 1 aliphatic heterocycles. The number of carbonyl (C=O) groups excluding carboxylic acids is 2. The number of nitrogens with one attached hydrogen (secondary N) is 1. The maximum Gasteiger partial charge on any atom is 0.342 e. The van der Waals surface area contributed by atoms with E-state index in [4.69, 9.17) is 28.4 Å². The molecule has 3 rings (SSSR count). The van der Waals surface area contributed by atoms with Crippen molar-refractivity contribution in [2.24, 2.45) is 0 Å². The van der Waals surface area contributed by atoms with Gasteiger partial charge in [0, 0.05) is 0 Å². The van der Waals surface area contributed by atoms with Gasteiger partial charge in [-0.15, -0.1) is 0 Å². The number of hydrogen-bond donors (Lipinski definition) is 1. The van der Waals surface area contributed by atoms with E-state index in [-0.39, 0.29) is 29.7 Å². The minimum absolute atomic E-state index is 0.114. The first-order valence-corrected chi connectivity index (χ1v) is 9.18. The van der Waals surface area contributed by atoms with Gasteiger partial charge in [0.1, 0.15) is 18.3 Å². The number of benzene rings is 2. The highest BCUT2D eigenvalue weighted by Crippen LogP contribution is 2.40. The highest BCUT2D eigenvalue weighted by molar-refractivity contribution is 5.95. The number of esters is 1. The molecule has 1 aliphatic rings. The molecule has 0 spiro atoms. The maximum atomic E-state index is 12.4. The second-order valence-electron chi connectivity index (χ2n) is 6.26. The Morgan fingerprint density at radius 2 is 1.73 bits per heavy atom. The molecule has 1 unspecified atom stereocenters. The predicted octanol–water partition coefficient (Wildman–Crippen LogP) is 1.83. The first-order valence-electron chi connectivity index (χ1n) is 9.18. The molecule has 2 aromatic carbocycles. The van der Waals surface area contributed by atoms with Crippen molar-refractivity contribution in [2.75, 3.05) is 41.1 Å². The highest BCUT2D eigenvalue weighted by atomic mass is 16.6. The number of amides is 1. The van der Waals surface area contributed by atoms with E-state index in [1.807, 2.05) is 18.2 Å². The van der Waals surface area contributed by atoms with E-state index in [1.54, 1.807) is 12.1 Å². The van der Waals surface area contributed by atoms with E-state index in [9.17, 15) is 9.59 Å². The van der Waals surface area contributed by atoms with E-state index in [0.717, 1.165) is 0 Å². The molecule has 0 bridgehead atoms. The van der Waals surface area contributed by atoms with Gasteiger partial charge in [0.2, 0.25) is 5.75 Å². The summed E-state index contributed by atoms with van der Waals surface area (Å²) < 4.78 is 32.1. The van der Waals surface area contributed by atoms with E-state index in [2.05, 4.69) is 5.32 Å². The average Bonchev–Trinajstić information content (AvgIpc) is 2.79. The lowest BCUT2D eigenvalue weighted by Gasteiger charge is -2.26. The molecule has 0 saturated heterocycles. The van der Waals surface area contributed by atoms with Crippen LogP contribution in [0.4, 0.5) is 0 Å². The number of carbonyl (C=O) groups is 2. The molecule has 9 heteroatoms. The summed E-state index contributed by atoms with van der Waals surface area (Å²) >= 11 is 0. The van der Waals surface area contributed by atoms with Crippen molar-refractivity contribution >= 4 is 11.9 Å². The average molecular weight is 417 g/mol. The Balaban J connectivity index is 1.52. The van der Waals surface area contributed by atoms with Gasteiger partial charge in [-0.1, -0.05) is 12.1 Å². The molecule has 9 nitrogen and oxygen atoms in total. The Labute approximate surface area is 173 Å². The van der Waals surface area contributed by atoms with E-state index in [0.29, 0.717) is 23.9 Å². The molecule has 2 aromatic rings. The van der Waals surface area contributed by atoms with Gasteiger partial charge in [0.15, 0.2) is 29.6 Å². The fourth-order valence-electron chi connectivity index (χ4n) is 2.91. The minimum Gasteiger partial charge on any atom is -0.493 e. The smallest absolute Gasteiger partial charge is 0.342 e. The van der Waals surface area contributed by atoms with Gasteiger partial charge in [-0.3, -0.25) is 4.79 Å². The number of hydrogen-bond acceptors (Lipinski definition) is 8. The van der Waals surface area contributed by atoms with Gasteiger partial charge >= 0.3 is 5.97 Å². The zero-order chi connectivity index (χ0) is 21.5. The van der Waals surface area contributed by atoms with Crippen LogP contribution in [0.15, 0.2) is 36.4 Å². The zero-order valence-electron chi connectivity index (χ0n) is 16.9. The Morgan fingerprint density at radius 1 is 1.00 bits per heavy atom.